The molecular weight excluding hydrogens is 313 g/mol. The highest BCUT2D eigenvalue weighted by Crippen LogP contribution is 2.26. The van der Waals surface area contributed by atoms with Crippen molar-refractivity contribution in [3.8, 4) is 0 Å². The Morgan fingerprint density at radius 1 is 1.20 bits per heavy atom. The summed E-state index contributed by atoms with van der Waals surface area (Å²) in [6.07, 6.45) is 6.65. The maximum absolute atomic E-state index is 12.3. The van der Waals surface area contributed by atoms with Crippen molar-refractivity contribution in [3.05, 3.63) is 65.1 Å². The number of fused-ring (bicyclic) bond motifs is 3. The highest BCUT2D eigenvalue weighted by molar-refractivity contribution is 6.52. The molecule has 0 aliphatic carbocycles. The van der Waals surface area contributed by atoms with E-state index in [9.17, 15) is 4.79 Å². The average molecular weight is 329 g/mol. The molecule has 4 rings (SSSR count). The number of aromatic amines is 1. The number of benzene rings is 1. The zero-order chi connectivity index (χ0) is 17.2. The average Bonchev–Trinajstić information content (AvgIpc) is 2.66. The minimum absolute atomic E-state index is 0.122. The van der Waals surface area contributed by atoms with E-state index in [1.807, 2.05) is 12.1 Å². The third-order valence-corrected chi connectivity index (χ3v) is 4.24. The number of aromatic nitrogens is 4. The summed E-state index contributed by atoms with van der Waals surface area (Å²) in [6, 6.07) is 7.98. The molecule has 1 aromatic carbocycles. The number of anilines is 1. The van der Waals surface area contributed by atoms with E-state index in [1.165, 1.54) is 5.46 Å². The Labute approximate surface area is 144 Å². The van der Waals surface area contributed by atoms with Gasteiger partial charge in [0.1, 0.15) is 5.82 Å². The van der Waals surface area contributed by atoms with Crippen LogP contribution < -0.4 is 16.3 Å². The van der Waals surface area contributed by atoms with E-state index in [1.54, 1.807) is 24.8 Å². The van der Waals surface area contributed by atoms with Gasteiger partial charge < -0.3 is 10.3 Å². The van der Waals surface area contributed by atoms with Crippen molar-refractivity contribution >= 4 is 40.2 Å². The standard InChI is InChI=1S/C18H16BN5O/c1-19-11-2-3-13-14(8-11)16-15(4-5-22-18(16)25)24-17(13)23-10-12-9-20-6-7-21-12/h2-9,19H,10H2,1H3,(H,22,25)(H,23,24). The van der Waals surface area contributed by atoms with Crippen LogP contribution in [0.25, 0.3) is 21.7 Å². The van der Waals surface area contributed by atoms with Crippen LogP contribution in [0.1, 0.15) is 5.69 Å². The molecular formula is C18H16BN5O. The number of hydrogen-bond acceptors (Lipinski definition) is 5. The van der Waals surface area contributed by atoms with Crippen molar-refractivity contribution < 1.29 is 0 Å². The van der Waals surface area contributed by atoms with Crippen LogP contribution in [-0.2, 0) is 6.54 Å². The van der Waals surface area contributed by atoms with Crippen LogP contribution >= 0.6 is 0 Å². The van der Waals surface area contributed by atoms with E-state index in [2.05, 4.69) is 44.2 Å². The normalized spacial score (nSPS) is 10.9. The summed E-state index contributed by atoms with van der Waals surface area (Å²) < 4.78 is 0. The molecule has 3 aromatic heterocycles. The van der Waals surface area contributed by atoms with Crippen molar-refractivity contribution in [2.75, 3.05) is 5.32 Å². The molecule has 0 saturated heterocycles. The highest BCUT2D eigenvalue weighted by atomic mass is 16.1. The van der Waals surface area contributed by atoms with Crippen molar-refractivity contribution in [1.82, 2.24) is 19.9 Å². The van der Waals surface area contributed by atoms with E-state index in [0.717, 1.165) is 29.6 Å². The summed E-state index contributed by atoms with van der Waals surface area (Å²) in [5.41, 5.74) is 2.56. The first kappa shape index (κ1) is 15.3. The molecule has 0 saturated carbocycles. The Morgan fingerprint density at radius 2 is 2.12 bits per heavy atom. The van der Waals surface area contributed by atoms with Gasteiger partial charge >= 0.3 is 0 Å². The van der Waals surface area contributed by atoms with Gasteiger partial charge in [0.2, 0.25) is 0 Å². The first-order valence-electron chi connectivity index (χ1n) is 8.19. The van der Waals surface area contributed by atoms with E-state index >= 15 is 0 Å². The van der Waals surface area contributed by atoms with Crippen LogP contribution in [0.5, 0.6) is 0 Å². The van der Waals surface area contributed by atoms with Gasteiger partial charge in [0.05, 0.1) is 29.3 Å². The van der Waals surface area contributed by atoms with Gasteiger partial charge in [-0.25, -0.2) is 4.98 Å². The number of hydrogen-bond donors (Lipinski definition) is 2. The third-order valence-electron chi connectivity index (χ3n) is 4.24. The monoisotopic (exact) mass is 329 g/mol. The molecule has 25 heavy (non-hydrogen) atoms. The lowest BCUT2D eigenvalue weighted by Gasteiger charge is -2.12. The summed E-state index contributed by atoms with van der Waals surface area (Å²) in [7, 11) is 0.910. The number of H-pyrrole nitrogens is 1. The molecule has 7 heteroatoms. The van der Waals surface area contributed by atoms with E-state index in [0.29, 0.717) is 17.4 Å². The molecule has 6 nitrogen and oxygen atoms in total. The lowest BCUT2D eigenvalue weighted by molar-refractivity contribution is 1.00. The Hall–Kier alpha value is -3.22. The maximum atomic E-state index is 12.3. The minimum atomic E-state index is -0.122. The Morgan fingerprint density at radius 3 is 2.92 bits per heavy atom. The van der Waals surface area contributed by atoms with Crippen LogP contribution in [0.3, 0.4) is 0 Å². The SMILES string of the molecule is CBc1ccc2c(NCc3cnccn3)nc3cc[nH]c(=O)c3c2c1. The van der Waals surface area contributed by atoms with Crippen molar-refractivity contribution in [1.29, 1.82) is 0 Å². The molecule has 0 radical (unpaired) electrons. The zero-order valence-electron chi connectivity index (χ0n) is 13.8. The molecule has 0 fully saturated rings. The lowest BCUT2D eigenvalue weighted by Crippen LogP contribution is -2.13. The van der Waals surface area contributed by atoms with E-state index < -0.39 is 0 Å². The van der Waals surface area contributed by atoms with Crippen LogP contribution in [0.2, 0.25) is 6.82 Å². The summed E-state index contributed by atoms with van der Waals surface area (Å²) >= 11 is 0. The minimum Gasteiger partial charge on any atom is -0.364 e. The molecule has 0 bridgehead atoms. The number of rotatable bonds is 4. The first-order chi connectivity index (χ1) is 12.3. The largest absolute Gasteiger partial charge is 0.364 e. The van der Waals surface area contributed by atoms with Crippen LogP contribution in [0.4, 0.5) is 5.82 Å². The van der Waals surface area contributed by atoms with Crippen molar-refractivity contribution in [2.24, 2.45) is 0 Å². The Kier molecular flexibility index (Phi) is 3.89. The Bertz CT molecular complexity index is 1110. The molecule has 3 heterocycles. The second-order valence-corrected chi connectivity index (χ2v) is 5.81. The summed E-state index contributed by atoms with van der Waals surface area (Å²) in [5, 5.41) is 5.78. The third kappa shape index (κ3) is 2.84. The van der Waals surface area contributed by atoms with Gasteiger partial charge in [0.15, 0.2) is 7.28 Å². The van der Waals surface area contributed by atoms with Gasteiger partial charge in [0.25, 0.3) is 5.56 Å². The highest BCUT2D eigenvalue weighted by Gasteiger charge is 2.11. The predicted octanol–water partition coefficient (Wildman–Crippen LogP) is 1.59. The van der Waals surface area contributed by atoms with Gasteiger partial charge in [-0.15, -0.1) is 0 Å². The molecule has 0 aliphatic heterocycles. The van der Waals surface area contributed by atoms with E-state index in [4.69, 9.17) is 0 Å². The summed E-state index contributed by atoms with van der Waals surface area (Å²) in [5.74, 6) is 0.737. The second-order valence-electron chi connectivity index (χ2n) is 5.81. The molecule has 0 aliphatic rings. The topological polar surface area (TPSA) is 83.6 Å². The molecule has 0 spiro atoms. The molecule has 0 atom stereocenters. The Balaban J connectivity index is 1.89. The predicted molar refractivity (Wildman–Crippen MR) is 102 cm³/mol. The van der Waals surface area contributed by atoms with Gasteiger partial charge in [-0.3, -0.25) is 14.8 Å². The fourth-order valence-electron chi connectivity index (χ4n) is 2.96. The van der Waals surface area contributed by atoms with Gasteiger partial charge in [-0.2, -0.15) is 0 Å². The van der Waals surface area contributed by atoms with E-state index in [-0.39, 0.29) is 5.56 Å². The van der Waals surface area contributed by atoms with Crippen LogP contribution in [-0.4, -0.2) is 27.2 Å². The first-order valence-corrected chi connectivity index (χ1v) is 8.19. The molecule has 2 N–H and O–H groups in total. The molecule has 0 amide bonds. The quantitative estimate of drug-likeness (QED) is 0.439. The smallest absolute Gasteiger partial charge is 0.258 e. The second kappa shape index (κ2) is 6.35. The number of pyridine rings is 2. The molecule has 0 unspecified atom stereocenters. The number of nitrogens with one attached hydrogen (secondary N) is 2. The summed E-state index contributed by atoms with van der Waals surface area (Å²) in [6.45, 7) is 2.61. The van der Waals surface area contributed by atoms with Crippen molar-refractivity contribution in [2.45, 2.75) is 13.4 Å². The molecule has 122 valence electrons. The van der Waals surface area contributed by atoms with Gasteiger partial charge in [-0.1, -0.05) is 30.5 Å². The number of nitrogens with zero attached hydrogens (tertiary/aromatic N) is 3. The summed E-state index contributed by atoms with van der Waals surface area (Å²) in [4.78, 5) is 28.1. The maximum Gasteiger partial charge on any atom is 0.258 e. The van der Waals surface area contributed by atoms with Gasteiger partial charge in [0, 0.05) is 24.0 Å². The fourth-order valence-corrected chi connectivity index (χ4v) is 2.96. The van der Waals surface area contributed by atoms with Crippen LogP contribution in [0, 0.1) is 0 Å². The van der Waals surface area contributed by atoms with Crippen molar-refractivity contribution in [3.63, 3.8) is 0 Å². The lowest BCUT2D eigenvalue weighted by atomic mass is 9.73. The zero-order valence-corrected chi connectivity index (χ0v) is 13.8. The van der Waals surface area contributed by atoms with Crippen LogP contribution in [0.15, 0.2) is 53.8 Å². The molecule has 4 aromatic rings. The van der Waals surface area contributed by atoms with Gasteiger partial charge in [-0.05, 0) is 11.5 Å². The fraction of sp³-hybridized carbons (Fsp3) is 0.111.